The van der Waals surface area contributed by atoms with Crippen molar-refractivity contribution < 1.29 is 4.52 Å². The first-order chi connectivity index (χ1) is 11.5. The third-order valence-corrected chi connectivity index (χ3v) is 4.75. The SMILES string of the molecule is Cc1cc(C)n(Cc2ccc(-c3nc(C4(N)CCC4)no3)cc2)n1.Cl. The fourth-order valence-electron chi connectivity index (χ4n) is 3.08. The second kappa shape index (κ2) is 6.61. The number of hydrogen-bond donors (Lipinski definition) is 1. The highest BCUT2D eigenvalue weighted by atomic mass is 35.5. The number of halogens is 1. The molecule has 1 aromatic carbocycles. The van der Waals surface area contributed by atoms with Crippen molar-refractivity contribution in [3.8, 4) is 11.5 Å². The van der Waals surface area contributed by atoms with Crippen LogP contribution in [-0.4, -0.2) is 19.9 Å². The number of hydrogen-bond acceptors (Lipinski definition) is 5. The second-order valence-corrected chi connectivity index (χ2v) is 6.71. The molecular formula is C18H22ClN5O. The Bertz CT molecular complexity index is 864. The summed E-state index contributed by atoms with van der Waals surface area (Å²) in [4.78, 5) is 4.49. The molecule has 0 radical (unpaired) electrons. The van der Waals surface area contributed by atoms with Crippen LogP contribution in [-0.2, 0) is 12.1 Å². The van der Waals surface area contributed by atoms with Crippen LogP contribution in [0.1, 0.15) is 42.0 Å². The zero-order valence-corrected chi connectivity index (χ0v) is 15.2. The summed E-state index contributed by atoms with van der Waals surface area (Å²) in [5, 5.41) is 8.56. The minimum atomic E-state index is -0.392. The van der Waals surface area contributed by atoms with Gasteiger partial charge in [0.1, 0.15) is 0 Å². The predicted octanol–water partition coefficient (Wildman–Crippen LogP) is 3.36. The molecule has 4 rings (SSSR count). The van der Waals surface area contributed by atoms with Gasteiger partial charge in [-0.3, -0.25) is 4.68 Å². The van der Waals surface area contributed by atoms with E-state index in [9.17, 15) is 0 Å². The van der Waals surface area contributed by atoms with Gasteiger partial charge in [-0.15, -0.1) is 12.4 Å². The zero-order valence-electron chi connectivity index (χ0n) is 14.4. The van der Waals surface area contributed by atoms with E-state index in [1.807, 2.05) is 23.7 Å². The highest BCUT2D eigenvalue weighted by Crippen LogP contribution is 2.37. The van der Waals surface area contributed by atoms with E-state index >= 15 is 0 Å². The Balaban J connectivity index is 0.00000182. The monoisotopic (exact) mass is 359 g/mol. The molecule has 25 heavy (non-hydrogen) atoms. The summed E-state index contributed by atoms with van der Waals surface area (Å²) in [6, 6.07) is 10.2. The quantitative estimate of drug-likeness (QED) is 0.772. The molecule has 2 N–H and O–H groups in total. The van der Waals surface area contributed by atoms with Gasteiger partial charge in [-0.1, -0.05) is 17.3 Å². The van der Waals surface area contributed by atoms with E-state index in [0.717, 1.165) is 42.8 Å². The lowest BCUT2D eigenvalue weighted by Crippen LogP contribution is -2.44. The molecule has 0 unspecified atom stereocenters. The van der Waals surface area contributed by atoms with Crippen LogP contribution in [0.15, 0.2) is 34.9 Å². The summed E-state index contributed by atoms with van der Waals surface area (Å²) in [7, 11) is 0. The molecule has 0 saturated heterocycles. The van der Waals surface area contributed by atoms with E-state index in [4.69, 9.17) is 10.3 Å². The Morgan fingerprint density at radius 3 is 2.48 bits per heavy atom. The minimum absolute atomic E-state index is 0. The van der Waals surface area contributed by atoms with Crippen molar-refractivity contribution in [2.75, 3.05) is 0 Å². The van der Waals surface area contributed by atoms with E-state index in [0.29, 0.717) is 11.7 Å². The highest BCUT2D eigenvalue weighted by Gasteiger charge is 2.39. The zero-order chi connectivity index (χ0) is 16.7. The Labute approximate surface area is 152 Å². The maximum atomic E-state index is 6.25. The molecule has 6 nitrogen and oxygen atoms in total. The maximum Gasteiger partial charge on any atom is 0.257 e. The summed E-state index contributed by atoms with van der Waals surface area (Å²) in [6.45, 7) is 4.82. The summed E-state index contributed by atoms with van der Waals surface area (Å²) < 4.78 is 7.40. The molecule has 1 saturated carbocycles. The number of benzene rings is 1. The Morgan fingerprint density at radius 2 is 1.92 bits per heavy atom. The molecule has 1 aliphatic carbocycles. The van der Waals surface area contributed by atoms with Gasteiger partial charge in [-0.2, -0.15) is 10.1 Å². The van der Waals surface area contributed by atoms with Crippen molar-refractivity contribution in [3.63, 3.8) is 0 Å². The van der Waals surface area contributed by atoms with E-state index in [2.05, 4.69) is 40.4 Å². The molecule has 1 aliphatic rings. The van der Waals surface area contributed by atoms with Crippen molar-refractivity contribution >= 4 is 12.4 Å². The molecule has 132 valence electrons. The third-order valence-electron chi connectivity index (χ3n) is 4.75. The summed E-state index contributed by atoms with van der Waals surface area (Å²) in [5.41, 5.74) is 10.1. The van der Waals surface area contributed by atoms with Gasteiger partial charge in [-0.05, 0) is 56.9 Å². The van der Waals surface area contributed by atoms with Gasteiger partial charge >= 0.3 is 0 Å². The van der Waals surface area contributed by atoms with Crippen molar-refractivity contribution in [1.29, 1.82) is 0 Å². The highest BCUT2D eigenvalue weighted by molar-refractivity contribution is 5.85. The van der Waals surface area contributed by atoms with Crippen LogP contribution in [0.5, 0.6) is 0 Å². The van der Waals surface area contributed by atoms with Gasteiger partial charge < -0.3 is 10.3 Å². The van der Waals surface area contributed by atoms with E-state index in [-0.39, 0.29) is 12.4 Å². The average molecular weight is 360 g/mol. The van der Waals surface area contributed by atoms with Crippen molar-refractivity contribution in [2.24, 2.45) is 5.73 Å². The van der Waals surface area contributed by atoms with Gasteiger partial charge in [0.15, 0.2) is 5.82 Å². The van der Waals surface area contributed by atoms with Crippen LogP contribution < -0.4 is 5.73 Å². The molecule has 3 aromatic rings. The molecular weight excluding hydrogens is 338 g/mol. The predicted molar refractivity (Wildman–Crippen MR) is 97.5 cm³/mol. The lowest BCUT2D eigenvalue weighted by atomic mass is 9.77. The van der Waals surface area contributed by atoms with E-state index in [1.165, 1.54) is 5.56 Å². The lowest BCUT2D eigenvalue weighted by molar-refractivity contribution is 0.229. The smallest absolute Gasteiger partial charge is 0.257 e. The van der Waals surface area contributed by atoms with Gasteiger partial charge in [-0.25, -0.2) is 0 Å². The third kappa shape index (κ3) is 3.32. The van der Waals surface area contributed by atoms with Crippen LogP contribution >= 0.6 is 12.4 Å². The first kappa shape index (κ1) is 17.6. The van der Waals surface area contributed by atoms with Crippen molar-refractivity contribution in [1.82, 2.24) is 19.9 Å². The lowest BCUT2D eigenvalue weighted by Gasteiger charge is -2.34. The number of aryl methyl sites for hydroxylation is 2. The number of nitrogens with zero attached hydrogens (tertiary/aromatic N) is 4. The number of rotatable bonds is 4. The fraction of sp³-hybridized carbons (Fsp3) is 0.389. The first-order valence-electron chi connectivity index (χ1n) is 8.27. The average Bonchev–Trinajstić information content (AvgIpc) is 3.13. The Morgan fingerprint density at radius 1 is 1.20 bits per heavy atom. The Kier molecular flexibility index (Phi) is 4.67. The van der Waals surface area contributed by atoms with Gasteiger partial charge in [0.05, 0.1) is 17.8 Å². The summed E-state index contributed by atoms with van der Waals surface area (Å²) in [5.74, 6) is 1.15. The van der Waals surface area contributed by atoms with Crippen LogP contribution in [0.4, 0.5) is 0 Å². The molecule has 0 bridgehead atoms. The topological polar surface area (TPSA) is 82.8 Å². The Hall–Kier alpha value is -2.18. The fourth-order valence-corrected chi connectivity index (χ4v) is 3.08. The normalized spacial score (nSPS) is 15.5. The molecule has 0 aliphatic heterocycles. The van der Waals surface area contributed by atoms with Crippen LogP contribution in [0.25, 0.3) is 11.5 Å². The second-order valence-electron chi connectivity index (χ2n) is 6.71. The van der Waals surface area contributed by atoms with Crippen LogP contribution in [0.2, 0.25) is 0 Å². The number of aromatic nitrogens is 4. The first-order valence-corrected chi connectivity index (χ1v) is 8.27. The van der Waals surface area contributed by atoms with Crippen LogP contribution in [0, 0.1) is 13.8 Å². The standard InChI is InChI=1S/C18H21N5O.ClH/c1-12-10-13(2)23(21-12)11-14-4-6-15(7-5-14)16-20-17(22-24-16)18(19)8-3-9-18;/h4-7,10H,3,8-9,11,19H2,1-2H3;1H. The van der Waals surface area contributed by atoms with Gasteiger partial charge in [0, 0.05) is 11.3 Å². The van der Waals surface area contributed by atoms with Crippen LogP contribution in [0.3, 0.4) is 0 Å². The van der Waals surface area contributed by atoms with Gasteiger partial charge in [0.25, 0.3) is 5.89 Å². The summed E-state index contributed by atoms with van der Waals surface area (Å²) >= 11 is 0. The maximum absolute atomic E-state index is 6.25. The van der Waals surface area contributed by atoms with Gasteiger partial charge in [0.2, 0.25) is 0 Å². The molecule has 2 heterocycles. The number of nitrogens with two attached hydrogens (primary N) is 1. The molecule has 0 spiro atoms. The van der Waals surface area contributed by atoms with Crippen molar-refractivity contribution in [2.45, 2.75) is 45.2 Å². The van der Waals surface area contributed by atoms with Crippen molar-refractivity contribution in [3.05, 3.63) is 53.1 Å². The molecule has 0 atom stereocenters. The van der Waals surface area contributed by atoms with E-state index in [1.54, 1.807) is 0 Å². The molecule has 1 fully saturated rings. The molecule has 0 amide bonds. The molecule has 2 aromatic heterocycles. The minimum Gasteiger partial charge on any atom is -0.334 e. The largest absolute Gasteiger partial charge is 0.334 e. The molecule has 7 heteroatoms. The summed E-state index contributed by atoms with van der Waals surface area (Å²) in [6.07, 6.45) is 2.97. The van der Waals surface area contributed by atoms with E-state index < -0.39 is 5.54 Å².